The molecule has 1 aliphatic rings. The fraction of sp³-hybridized carbons (Fsp3) is 1.00. The number of rotatable bonds is 0. The molecule has 1 heterocycles. The molecular formula is C7H14OS. The Morgan fingerprint density at radius 3 is 2.44 bits per heavy atom. The number of hydrogen-bond donors (Lipinski definition) is 0. The molecule has 0 N–H and O–H groups in total. The van der Waals surface area contributed by atoms with E-state index in [4.69, 9.17) is 4.74 Å². The van der Waals surface area contributed by atoms with Gasteiger partial charge in [-0.25, -0.2) is 0 Å². The molecule has 0 bridgehead atoms. The molecule has 1 fully saturated rings. The van der Waals surface area contributed by atoms with E-state index in [2.05, 4.69) is 20.8 Å². The normalized spacial score (nSPS) is 45.0. The van der Waals surface area contributed by atoms with Crippen molar-refractivity contribution in [2.24, 2.45) is 0 Å². The minimum absolute atomic E-state index is 0.406. The molecule has 1 rings (SSSR count). The summed E-state index contributed by atoms with van der Waals surface area (Å²) in [6.45, 7) is 6.53. The molecule has 0 aliphatic carbocycles. The lowest BCUT2D eigenvalue weighted by atomic mass is 10.2. The van der Waals surface area contributed by atoms with Gasteiger partial charge in [-0.05, 0) is 20.3 Å². The van der Waals surface area contributed by atoms with Crippen LogP contribution in [0, 0.1) is 0 Å². The van der Waals surface area contributed by atoms with E-state index in [1.54, 1.807) is 0 Å². The van der Waals surface area contributed by atoms with Gasteiger partial charge in [0.2, 0.25) is 0 Å². The molecule has 0 spiro atoms. The largest absolute Gasteiger partial charge is 0.365 e. The highest BCUT2D eigenvalue weighted by molar-refractivity contribution is 8.00. The van der Waals surface area contributed by atoms with E-state index in [1.807, 2.05) is 11.8 Å². The summed E-state index contributed by atoms with van der Waals surface area (Å²) in [4.78, 5) is 0. The van der Waals surface area contributed by atoms with Crippen molar-refractivity contribution in [3.05, 3.63) is 0 Å². The standard InChI is InChI=1S/C7H14OS/c1-5-4-6(2)9-7(3)8-5/h5-7H,4H2,1-3H3/t5-,6-,7+/m1/s1. The van der Waals surface area contributed by atoms with Crippen molar-refractivity contribution < 1.29 is 4.74 Å². The maximum Gasteiger partial charge on any atom is 0.101 e. The van der Waals surface area contributed by atoms with Crippen LogP contribution in [0.2, 0.25) is 0 Å². The second-order valence-corrected chi connectivity index (χ2v) is 4.44. The summed E-state index contributed by atoms with van der Waals surface area (Å²) in [5, 5.41) is 0.781. The van der Waals surface area contributed by atoms with Gasteiger partial charge in [0.05, 0.1) is 6.10 Å². The summed E-state index contributed by atoms with van der Waals surface area (Å²) >= 11 is 1.92. The van der Waals surface area contributed by atoms with Gasteiger partial charge in [-0.15, -0.1) is 11.8 Å². The average molecular weight is 146 g/mol. The van der Waals surface area contributed by atoms with E-state index in [0.29, 0.717) is 11.5 Å². The van der Waals surface area contributed by atoms with Crippen LogP contribution in [0.3, 0.4) is 0 Å². The first-order valence-electron chi connectivity index (χ1n) is 3.49. The smallest absolute Gasteiger partial charge is 0.101 e. The monoisotopic (exact) mass is 146 g/mol. The van der Waals surface area contributed by atoms with Gasteiger partial charge < -0.3 is 4.74 Å². The van der Waals surface area contributed by atoms with Gasteiger partial charge in [0.1, 0.15) is 5.44 Å². The first-order valence-corrected chi connectivity index (χ1v) is 4.43. The van der Waals surface area contributed by atoms with Gasteiger partial charge in [0.15, 0.2) is 0 Å². The van der Waals surface area contributed by atoms with Gasteiger partial charge in [-0.3, -0.25) is 0 Å². The fourth-order valence-corrected chi connectivity index (χ4v) is 2.56. The van der Waals surface area contributed by atoms with Crippen LogP contribution in [-0.4, -0.2) is 16.8 Å². The molecule has 1 saturated heterocycles. The molecular weight excluding hydrogens is 132 g/mol. The molecule has 0 unspecified atom stereocenters. The average Bonchev–Trinajstić information content (AvgIpc) is 1.59. The molecule has 2 heteroatoms. The third-order valence-electron chi connectivity index (χ3n) is 1.51. The highest BCUT2D eigenvalue weighted by atomic mass is 32.2. The lowest BCUT2D eigenvalue weighted by molar-refractivity contribution is 0.0419. The van der Waals surface area contributed by atoms with Crippen LogP contribution in [0.1, 0.15) is 27.2 Å². The second kappa shape index (κ2) is 2.93. The predicted octanol–water partition coefficient (Wildman–Crippen LogP) is 2.26. The maximum absolute atomic E-state index is 5.52. The van der Waals surface area contributed by atoms with Crippen LogP contribution in [0.5, 0.6) is 0 Å². The molecule has 0 aromatic heterocycles. The molecule has 0 radical (unpaired) electrons. The summed E-state index contributed by atoms with van der Waals surface area (Å²) in [5.74, 6) is 0. The minimum atomic E-state index is 0.406. The van der Waals surface area contributed by atoms with Crippen LogP contribution in [-0.2, 0) is 4.74 Å². The molecule has 0 aromatic carbocycles. The number of thioether (sulfide) groups is 1. The van der Waals surface area contributed by atoms with Crippen molar-refractivity contribution >= 4 is 11.8 Å². The number of ether oxygens (including phenoxy) is 1. The van der Waals surface area contributed by atoms with Crippen LogP contribution in [0.25, 0.3) is 0 Å². The van der Waals surface area contributed by atoms with E-state index in [-0.39, 0.29) is 0 Å². The third kappa shape index (κ3) is 2.18. The van der Waals surface area contributed by atoms with Crippen molar-refractivity contribution in [2.45, 2.75) is 44.0 Å². The molecule has 3 atom stereocenters. The lowest BCUT2D eigenvalue weighted by Crippen LogP contribution is -2.25. The van der Waals surface area contributed by atoms with Crippen LogP contribution >= 0.6 is 11.8 Å². The van der Waals surface area contributed by atoms with E-state index in [9.17, 15) is 0 Å². The summed E-state index contributed by atoms with van der Waals surface area (Å²) in [7, 11) is 0. The SMILES string of the molecule is C[C@@H]1C[C@@H](C)S[C@@H](C)O1. The Morgan fingerprint density at radius 2 is 2.00 bits per heavy atom. The van der Waals surface area contributed by atoms with Crippen molar-refractivity contribution in [3.63, 3.8) is 0 Å². The van der Waals surface area contributed by atoms with Crippen LogP contribution in [0.4, 0.5) is 0 Å². The minimum Gasteiger partial charge on any atom is -0.365 e. The van der Waals surface area contributed by atoms with Crippen molar-refractivity contribution in [1.29, 1.82) is 0 Å². The first-order chi connectivity index (χ1) is 4.18. The molecule has 1 nitrogen and oxygen atoms in total. The highest BCUT2D eigenvalue weighted by Gasteiger charge is 2.20. The summed E-state index contributed by atoms with van der Waals surface area (Å²) in [6.07, 6.45) is 1.67. The maximum atomic E-state index is 5.52. The highest BCUT2D eigenvalue weighted by Crippen LogP contribution is 2.29. The third-order valence-corrected chi connectivity index (χ3v) is 2.66. The fourth-order valence-electron chi connectivity index (χ4n) is 1.26. The molecule has 1 aliphatic heterocycles. The van der Waals surface area contributed by atoms with Gasteiger partial charge in [-0.1, -0.05) is 6.92 Å². The van der Waals surface area contributed by atoms with Crippen LogP contribution < -0.4 is 0 Å². The topological polar surface area (TPSA) is 9.23 Å². The summed E-state index contributed by atoms with van der Waals surface area (Å²) in [6, 6.07) is 0. The van der Waals surface area contributed by atoms with Gasteiger partial charge in [-0.2, -0.15) is 0 Å². The molecule has 0 saturated carbocycles. The lowest BCUT2D eigenvalue weighted by Gasteiger charge is -2.29. The Hall–Kier alpha value is 0.310. The molecule has 0 amide bonds. The van der Waals surface area contributed by atoms with E-state index in [1.165, 1.54) is 6.42 Å². The zero-order valence-electron chi connectivity index (χ0n) is 6.26. The summed E-state index contributed by atoms with van der Waals surface area (Å²) in [5.41, 5.74) is 0.406. The van der Waals surface area contributed by atoms with Crippen LogP contribution in [0.15, 0.2) is 0 Å². The van der Waals surface area contributed by atoms with E-state index in [0.717, 1.165) is 5.25 Å². The first kappa shape index (κ1) is 7.42. The van der Waals surface area contributed by atoms with Crippen molar-refractivity contribution in [3.8, 4) is 0 Å². The van der Waals surface area contributed by atoms with E-state index >= 15 is 0 Å². The zero-order chi connectivity index (χ0) is 6.85. The van der Waals surface area contributed by atoms with Gasteiger partial charge >= 0.3 is 0 Å². The van der Waals surface area contributed by atoms with E-state index < -0.39 is 0 Å². The van der Waals surface area contributed by atoms with Gasteiger partial charge in [0, 0.05) is 5.25 Å². The Bertz CT molecular complexity index is 69.9. The molecule has 0 aromatic rings. The zero-order valence-corrected chi connectivity index (χ0v) is 7.07. The molecule has 9 heavy (non-hydrogen) atoms. The quantitative estimate of drug-likeness (QED) is 0.518. The predicted molar refractivity (Wildman–Crippen MR) is 41.7 cm³/mol. The van der Waals surface area contributed by atoms with Crippen molar-refractivity contribution in [2.75, 3.05) is 0 Å². The Morgan fingerprint density at radius 1 is 1.33 bits per heavy atom. The van der Waals surface area contributed by atoms with Gasteiger partial charge in [0.25, 0.3) is 0 Å². The Balaban J connectivity index is 2.34. The Labute approximate surface area is 61.2 Å². The summed E-state index contributed by atoms with van der Waals surface area (Å²) < 4.78 is 5.52. The second-order valence-electron chi connectivity index (χ2n) is 2.70. The number of hydrogen-bond acceptors (Lipinski definition) is 2. The Kier molecular flexibility index (Phi) is 2.42. The molecule has 54 valence electrons. The van der Waals surface area contributed by atoms with Crippen molar-refractivity contribution in [1.82, 2.24) is 0 Å².